The van der Waals surface area contributed by atoms with Crippen LogP contribution in [0.25, 0.3) is 0 Å². The molecule has 4 nitrogen and oxygen atoms in total. The molecule has 2 aromatic rings. The number of hydrogen-bond acceptors (Lipinski definition) is 4. The summed E-state index contributed by atoms with van der Waals surface area (Å²) in [5.74, 6) is -0.863. The van der Waals surface area contributed by atoms with Crippen LogP contribution in [0.3, 0.4) is 0 Å². The number of piperazine rings is 1. The second-order valence-electron chi connectivity index (χ2n) is 7.33. The van der Waals surface area contributed by atoms with Gasteiger partial charge in [-0.1, -0.05) is 0 Å². The normalized spacial score (nSPS) is 15.8. The molecule has 0 bridgehead atoms. The molecule has 9 heteroatoms. The maximum Gasteiger partial charge on any atom is 0.416 e. The monoisotopic (exact) mass is 444 g/mol. The molecular formula is C22H25F5N2O2. The standard InChI is InChI=1S/C22H25F5N2O2/c23-18-4-7-21(20(24)16-18)31-15-13-29-11-9-28(10-12-29)8-1-14-30-19-5-2-17(3-6-19)22(25,26)27/h2-7,16H,1,8-15H2. The lowest BCUT2D eigenvalue weighted by Crippen LogP contribution is -2.47. The Bertz CT molecular complexity index is 822. The first kappa shape index (κ1) is 23.3. The van der Waals surface area contributed by atoms with Gasteiger partial charge in [0.2, 0.25) is 0 Å². The zero-order valence-corrected chi connectivity index (χ0v) is 17.0. The van der Waals surface area contributed by atoms with E-state index < -0.39 is 23.4 Å². The van der Waals surface area contributed by atoms with Crippen molar-refractivity contribution in [3.05, 3.63) is 59.7 Å². The van der Waals surface area contributed by atoms with Crippen molar-refractivity contribution in [1.82, 2.24) is 9.80 Å². The lowest BCUT2D eigenvalue weighted by molar-refractivity contribution is -0.137. The summed E-state index contributed by atoms with van der Waals surface area (Å²) in [6.07, 6.45) is -3.57. The summed E-state index contributed by atoms with van der Waals surface area (Å²) in [5, 5.41) is 0. The topological polar surface area (TPSA) is 24.9 Å². The van der Waals surface area contributed by atoms with Crippen molar-refractivity contribution in [3.63, 3.8) is 0 Å². The van der Waals surface area contributed by atoms with E-state index in [1.54, 1.807) is 0 Å². The van der Waals surface area contributed by atoms with Crippen molar-refractivity contribution in [2.24, 2.45) is 0 Å². The van der Waals surface area contributed by atoms with Gasteiger partial charge in [0.15, 0.2) is 11.6 Å². The third kappa shape index (κ3) is 7.36. The Morgan fingerprint density at radius 3 is 2.03 bits per heavy atom. The Morgan fingerprint density at radius 2 is 1.42 bits per heavy atom. The van der Waals surface area contributed by atoms with Crippen LogP contribution in [0.1, 0.15) is 12.0 Å². The van der Waals surface area contributed by atoms with Crippen LogP contribution < -0.4 is 9.47 Å². The van der Waals surface area contributed by atoms with Crippen molar-refractivity contribution in [2.45, 2.75) is 12.6 Å². The van der Waals surface area contributed by atoms with Crippen molar-refractivity contribution in [3.8, 4) is 11.5 Å². The van der Waals surface area contributed by atoms with Gasteiger partial charge in [-0.3, -0.25) is 4.90 Å². The summed E-state index contributed by atoms with van der Waals surface area (Å²) in [4.78, 5) is 4.52. The Morgan fingerprint density at radius 1 is 0.774 bits per heavy atom. The van der Waals surface area contributed by atoms with Gasteiger partial charge in [-0.15, -0.1) is 0 Å². The molecule has 170 valence electrons. The summed E-state index contributed by atoms with van der Waals surface area (Å²) in [7, 11) is 0. The lowest BCUT2D eigenvalue weighted by Gasteiger charge is -2.34. The van der Waals surface area contributed by atoms with Crippen LogP contribution in [0.2, 0.25) is 0 Å². The fraction of sp³-hybridized carbons (Fsp3) is 0.455. The molecule has 0 aliphatic carbocycles. The highest BCUT2D eigenvalue weighted by Crippen LogP contribution is 2.30. The van der Waals surface area contributed by atoms with E-state index in [0.717, 1.165) is 57.3 Å². The molecule has 0 aromatic heterocycles. The van der Waals surface area contributed by atoms with E-state index in [-0.39, 0.29) is 5.75 Å². The average molecular weight is 444 g/mol. The van der Waals surface area contributed by atoms with E-state index in [0.29, 0.717) is 25.5 Å². The Labute approximate surface area is 178 Å². The Balaban J connectivity index is 1.27. The molecule has 1 aliphatic rings. The Kier molecular flexibility index (Phi) is 8.09. The van der Waals surface area contributed by atoms with Gasteiger partial charge >= 0.3 is 6.18 Å². The van der Waals surface area contributed by atoms with Crippen molar-refractivity contribution in [2.75, 3.05) is 52.5 Å². The highest BCUT2D eigenvalue weighted by Gasteiger charge is 2.30. The molecule has 31 heavy (non-hydrogen) atoms. The highest BCUT2D eigenvalue weighted by atomic mass is 19.4. The van der Waals surface area contributed by atoms with Crippen LogP contribution in [0, 0.1) is 11.6 Å². The summed E-state index contributed by atoms with van der Waals surface area (Å²) < 4.78 is 75.0. The molecule has 0 spiro atoms. The van der Waals surface area contributed by atoms with Crippen LogP contribution in [0.5, 0.6) is 11.5 Å². The second kappa shape index (κ2) is 10.8. The molecule has 0 unspecified atom stereocenters. The Hall–Kier alpha value is -2.39. The quantitative estimate of drug-likeness (QED) is 0.422. The molecule has 1 saturated heterocycles. The summed E-state index contributed by atoms with van der Waals surface area (Å²) in [5.41, 5.74) is -0.689. The molecule has 0 N–H and O–H groups in total. The van der Waals surface area contributed by atoms with Gasteiger partial charge in [-0.25, -0.2) is 8.78 Å². The van der Waals surface area contributed by atoms with Gasteiger partial charge in [-0.05, 0) is 42.8 Å². The predicted molar refractivity (Wildman–Crippen MR) is 106 cm³/mol. The summed E-state index contributed by atoms with van der Waals surface area (Å²) >= 11 is 0. The molecule has 0 saturated carbocycles. The summed E-state index contributed by atoms with van der Waals surface area (Å²) in [6, 6.07) is 7.96. The number of ether oxygens (including phenoxy) is 2. The zero-order valence-electron chi connectivity index (χ0n) is 17.0. The highest BCUT2D eigenvalue weighted by molar-refractivity contribution is 5.28. The van der Waals surface area contributed by atoms with Crippen LogP contribution >= 0.6 is 0 Å². The molecule has 1 aliphatic heterocycles. The number of nitrogens with zero attached hydrogens (tertiary/aromatic N) is 2. The number of benzene rings is 2. The van der Waals surface area contributed by atoms with Gasteiger partial charge in [0.05, 0.1) is 12.2 Å². The van der Waals surface area contributed by atoms with E-state index in [9.17, 15) is 22.0 Å². The van der Waals surface area contributed by atoms with Gasteiger partial charge in [0, 0.05) is 45.3 Å². The fourth-order valence-electron chi connectivity index (χ4n) is 3.33. The molecule has 0 atom stereocenters. The van der Waals surface area contributed by atoms with E-state index in [1.807, 2.05) is 0 Å². The smallest absolute Gasteiger partial charge is 0.416 e. The van der Waals surface area contributed by atoms with Crippen molar-refractivity contribution >= 4 is 0 Å². The van der Waals surface area contributed by atoms with Gasteiger partial charge < -0.3 is 14.4 Å². The minimum absolute atomic E-state index is 0.0492. The fourth-order valence-corrected chi connectivity index (χ4v) is 3.33. The minimum Gasteiger partial charge on any atom is -0.494 e. The number of halogens is 5. The molecule has 0 amide bonds. The predicted octanol–water partition coefficient (Wildman–Crippen LogP) is 4.45. The third-order valence-electron chi connectivity index (χ3n) is 5.09. The van der Waals surface area contributed by atoms with Gasteiger partial charge in [-0.2, -0.15) is 13.2 Å². The summed E-state index contributed by atoms with van der Waals surface area (Å²) in [6.45, 7) is 5.72. The number of alkyl halides is 3. The minimum atomic E-state index is -4.34. The van der Waals surface area contributed by atoms with Crippen molar-refractivity contribution < 1.29 is 31.4 Å². The SMILES string of the molecule is Fc1ccc(OCCN2CCN(CCCOc3ccc(C(F)(F)F)cc3)CC2)c(F)c1. The van der Waals surface area contributed by atoms with Crippen LogP contribution in [0.15, 0.2) is 42.5 Å². The van der Waals surface area contributed by atoms with E-state index in [1.165, 1.54) is 24.3 Å². The maximum absolute atomic E-state index is 13.5. The largest absolute Gasteiger partial charge is 0.494 e. The zero-order chi connectivity index (χ0) is 22.3. The van der Waals surface area contributed by atoms with Crippen LogP contribution in [-0.2, 0) is 6.18 Å². The second-order valence-corrected chi connectivity index (χ2v) is 7.33. The van der Waals surface area contributed by atoms with Gasteiger partial charge in [0.25, 0.3) is 0 Å². The first-order chi connectivity index (χ1) is 14.8. The lowest BCUT2D eigenvalue weighted by atomic mass is 10.2. The maximum atomic E-state index is 13.5. The van der Waals surface area contributed by atoms with E-state index in [4.69, 9.17) is 9.47 Å². The van der Waals surface area contributed by atoms with E-state index in [2.05, 4.69) is 9.80 Å². The third-order valence-corrected chi connectivity index (χ3v) is 5.09. The molecule has 1 heterocycles. The van der Waals surface area contributed by atoms with Crippen LogP contribution in [0.4, 0.5) is 22.0 Å². The van der Waals surface area contributed by atoms with Gasteiger partial charge in [0.1, 0.15) is 18.2 Å². The molecule has 2 aromatic carbocycles. The van der Waals surface area contributed by atoms with Crippen molar-refractivity contribution in [1.29, 1.82) is 0 Å². The number of hydrogen-bond donors (Lipinski definition) is 0. The molecule has 1 fully saturated rings. The number of rotatable bonds is 9. The average Bonchev–Trinajstić information content (AvgIpc) is 2.73. The molecule has 0 radical (unpaired) electrons. The first-order valence-corrected chi connectivity index (χ1v) is 10.1. The first-order valence-electron chi connectivity index (χ1n) is 10.1. The van der Waals surface area contributed by atoms with Crippen LogP contribution in [-0.4, -0.2) is 62.3 Å². The van der Waals surface area contributed by atoms with E-state index >= 15 is 0 Å². The molecular weight excluding hydrogens is 419 g/mol. The molecule has 3 rings (SSSR count).